The lowest BCUT2D eigenvalue weighted by molar-refractivity contribution is 0.665. The molecule has 0 unspecified atom stereocenters. The van der Waals surface area contributed by atoms with Crippen LogP contribution in [0.1, 0.15) is 0 Å². The number of benzene rings is 6. The van der Waals surface area contributed by atoms with Gasteiger partial charge in [-0.1, -0.05) is 78.9 Å². The van der Waals surface area contributed by atoms with Gasteiger partial charge in [0.25, 0.3) is 0 Å². The summed E-state index contributed by atoms with van der Waals surface area (Å²) >= 11 is 0. The first-order chi connectivity index (χ1) is 18.4. The van der Waals surface area contributed by atoms with E-state index in [1.165, 1.54) is 0 Å². The number of hydrogen-bond acceptors (Lipinski definition) is 3. The van der Waals surface area contributed by atoms with Gasteiger partial charge >= 0.3 is 0 Å². The minimum atomic E-state index is 0.836. The molecular formula is C34H21NO2. The van der Waals surface area contributed by atoms with Crippen molar-refractivity contribution in [2.24, 2.45) is 0 Å². The highest BCUT2D eigenvalue weighted by atomic mass is 16.3. The summed E-state index contributed by atoms with van der Waals surface area (Å²) in [6, 6.07) is 44.0. The van der Waals surface area contributed by atoms with E-state index in [0.717, 1.165) is 71.7 Å². The Hall–Kier alpha value is -5.02. The van der Waals surface area contributed by atoms with Crippen LogP contribution in [0.15, 0.2) is 136 Å². The standard InChI is InChI=1S/C34H21NO2/c1-3-11-22(12-4-1)35(23-13-5-2-6-14-23)24-19-20-28-30(21-24)37-33-26-16-8-7-15-25(26)31-27-17-9-10-18-29(27)36-34(31)32(28)33/h1-21H. The van der Waals surface area contributed by atoms with Crippen LogP contribution >= 0.6 is 0 Å². The number of furan rings is 2. The molecule has 8 aromatic rings. The van der Waals surface area contributed by atoms with Crippen LogP contribution < -0.4 is 4.90 Å². The van der Waals surface area contributed by atoms with E-state index in [2.05, 4.69) is 108 Å². The fourth-order valence-electron chi connectivity index (χ4n) is 5.63. The van der Waals surface area contributed by atoms with Crippen molar-refractivity contribution in [3.63, 3.8) is 0 Å². The zero-order valence-electron chi connectivity index (χ0n) is 19.9. The molecule has 6 aromatic carbocycles. The molecule has 37 heavy (non-hydrogen) atoms. The minimum absolute atomic E-state index is 0.836. The highest BCUT2D eigenvalue weighted by Crippen LogP contribution is 2.46. The number of para-hydroxylation sites is 3. The first kappa shape index (κ1) is 20.2. The van der Waals surface area contributed by atoms with Gasteiger partial charge in [-0.15, -0.1) is 0 Å². The zero-order chi connectivity index (χ0) is 24.3. The number of nitrogens with zero attached hydrogens (tertiary/aromatic N) is 1. The van der Waals surface area contributed by atoms with E-state index < -0.39 is 0 Å². The Morgan fingerprint density at radius 1 is 0.378 bits per heavy atom. The maximum atomic E-state index is 6.65. The van der Waals surface area contributed by atoms with Gasteiger partial charge in [0.1, 0.15) is 22.3 Å². The molecule has 2 aromatic heterocycles. The van der Waals surface area contributed by atoms with E-state index in [4.69, 9.17) is 8.83 Å². The summed E-state index contributed by atoms with van der Waals surface area (Å²) in [6.07, 6.45) is 0. The maximum Gasteiger partial charge on any atom is 0.147 e. The summed E-state index contributed by atoms with van der Waals surface area (Å²) < 4.78 is 13.1. The molecule has 0 N–H and O–H groups in total. The summed E-state index contributed by atoms with van der Waals surface area (Å²) in [6.45, 7) is 0. The molecule has 0 radical (unpaired) electrons. The molecule has 0 fully saturated rings. The van der Waals surface area contributed by atoms with Gasteiger partial charge in [-0.25, -0.2) is 0 Å². The first-order valence-electron chi connectivity index (χ1n) is 12.5. The largest absolute Gasteiger partial charge is 0.455 e. The molecule has 0 saturated heterocycles. The van der Waals surface area contributed by atoms with E-state index in [9.17, 15) is 0 Å². The van der Waals surface area contributed by atoms with E-state index >= 15 is 0 Å². The monoisotopic (exact) mass is 475 g/mol. The summed E-state index contributed by atoms with van der Waals surface area (Å²) in [5, 5.41) is 6.58. The molecule has 3 heteroatoms. The third kappa shape index (κ3) is 2.95. The van der Waals surface area contributed by atoms with E-state index in [1.54, 1.807) is 0 Å². The highest BCUT2D eigenvalue weighted by molar-refractivity contribution is 6.33. The van der Waals surface area contributed by atoms with Crippen LogP contribution in [-0.4, -0.2) is 0 Å². The SMILES string of the molecule is c1ccc(N(c2ccccc2)c2ccc3c(c2)oc2c4ccccc4c4c5ccccc5oc4c32)cc1. The van der Waals surface area contributed by atoms with Crippen molar-refractivity contribution in [3.8, 4) is 0 Å². The van der Waals surface area contributed by atoms with Gasteiger partial charge in [-0.3, -0.25) is 0 Å². The number of hydrogen-bond donors (Lipinski definition) is 0. The molecule has 0 amide bonds. The van der Waals surface area contributed by atoms with Crippen molar-refractivity contribution in [3.05, 3.63) is 127 Å². The predicted octanol–water partition coefficient (Wildman–Crippen LogP) is 10.1. The second-order valence-electron chi connectivity index (χ2n) is 9.34. The Balaban J connectivity index is 1.46. The maximum absolute atomic E-state index is 6.65. The van der Waals surface area contributed by atoms with Gasteiger partial charge in [0.15, 0.2) is 0 Å². The molecule has 0 aliphatic rings. The Labute approximate surface area is 212 Å². The second kappa shape index (κ2) is 7.74. The highest BCUT2D eigenvalue weighted by Gasteiger charge is 2.21. The van der Waals surface area contributed by atoms with Crippen molar-refractivity contribution < 1.29 is 8.83 Å². The number of rotatable bonds is 3. The summed E-state index contributed by atoms with van der Waals surface area (Å²) in [7, 11) is 0. The molecule has 0 atom stereocenters. The average molecular weight is 476 g/mol. The van der Waals surface area contributed by atoms with Gasteiger partial charge in [0.2, 0.25) is 0 Å². The van der Waals surface area contributed by atoms with Crippen molar-refractivity contribution in [2.75, 3.05) is 4.90 Å². The number of anilines is 3. The van der Waals surface area contributed by atoms with Gasteiger partial charge < -0.3 is 13.7 Å². The fourth-order valence-corrected chi connectivity index (χ4v) is 5.63. The van der Waals surface area contributed by atoms with Crippen molar-refractivity contribution >= 4 is 71.7 Å². The van der Waals surface area contributed by atoms with Gasteiger partial charge in [-0.05, 0) is 47.9 Å². The van der Waals surface area contributed by atoms with Crippen LogP contribution in [0.4, 0.5) is 17.1 Å². The van der Waals surface area contributed by atoms with Gasteiger partial charge in [0.05, 0.1) is 5.39 Å². The van der Waals surface area contributed by atoms with Crippen LogP contribution in [0.3, 0.4) is 0 Å². The van der Waals surface area contributed by atoms with Crippen LogP contribution in [-0.2, 0) is 0 Å². The molecule has 2 heterocycles. The summed E-state index contributed by atoms with van der Waals surface area (Å²) in [5.74, 6) is 0. The topological polar surface area (TPSA) is 29.5 Å². The minimum Gasteiger partial charge on any atom is -0.455 e. The Morgan fingerprint density at radius 3 is 1.68 bits per heavy atom. The van der Waals surface area contributed by atoms with E-state index in [-0.39, 0.29) is 0 Å². The van der Waals surface area contributed by atoms with E-state index in [1.807, 2.05) is 24.3 Å². The smallest absolute Gasteiger partial charge is 0.147 e. The lowest BCUT2D eigenvalue weighted by Crippen LogP contribution is -2.09. The van der Waals surface area contributed by atoms with Crippen LogP contribution in [0, 0.1) is 0 Å². The van der Waals surface area contributed by atoms with Gasteiger partial charge in [0, 0.05) is 44.7 Å². The quantitative estimate of drug-likeness (QED) is 0.255. The second-order valence-corrected chi connectivity index (χ2v) is 9.34. The predicted molar refractivity (Wildman–Crippen MR) is 153 cm³/mol. The molecule has 8 rings (SSSR count). The Morgan fingerprint density at radius 2 is 0.946 bits per heavy atom. The molecular weight excluding hydrogens is 454 g/mol. The molecule has 0 saturated carbocycles. The average Bonchev–Trinajstić information content (AvgIpc) is 3.53. The third-order valence-corrected chi connectivity index (χ3v) is 7.22. The van der Waals surface area contributed by atoms with Crippen molar-refractivity contribution in [1.29, 1.82) is 0 Å². The van der Waals surface area contributed by atoms with Crippen LogP contribution in [0.5, 0.6) is 0 Å². The Bertz CT molecular complexity index is 2050. The summed E-state index contributed by atoms with van der Waals surface area (Å²) in [4.78, 5) is 2.25. The first-order valence-corrected chi connectivity index (χ1v) is 12.5. The molecule has 0 aliphatic carbocycles. The van der Waals surface area contributed by atoms with Gasteiger partial charge in [-0.2, -0.15) is 0 Å². The van der Waals surface area contributed by atoms with Crippen LogP contribution in [0.25, 0.3) is 54.6 Å². The molecule has 0 aliphatic heterocycles. The molecule has 0 spiro atoms. The molecule has 3 nitrogen and oxygen atoms in total. The van der Waals surface area contributed by atoms with Crippen molar-refractivity contribution in [2.45, 2.75) is 0 Å². The normalized spacial score (nSPS) is 11.8. The lowest BCUT2D eigenvalue weighted by Gasteiger charge is -2.25. The van der Waals surface area contributed by atoms with Crippen molar-refractivity contribution in [1.82, 2.24) is 0 Å². The lowest BCUT2D eigenvalue weighted by atomic mass is 10.00. The molecule has 0 bridgehead atoms. The fraction of sp³-hybridized carbons (Fsp3) is 0. The Kier molecular flexibility index (Phi) is 4.23. The summed E-state index contributed by atoms with van der Waals surface area (Å²) in [5.41, 5.74) is 6.69. The molecule has 174 valence electrons. The zero-order valence-corrected chi connectivity index (χ0v) is 19.9. The third-order valence-electron chi connectivity index (χ3n) is 7.22. The number of fused-ring (bicyclic) bond motifs is 10. The van der Waals surface area contributed by atoms with Crippen LogP contribution in [0.2, 0.25) is 0 Å². The van der Waals surface area contributed by atoms with E-state index in [0.29, 0.717) is 0 Å².